The summed E-state index contributed by atoms with van der Waals surface area (Å²) < 4.78 is 18.2. The van der Waals surface area contributed by atoms with Crippen LogP contribution in [0.25, 0.3) is 0 Å². The molecule has 0 radical (unpaired) electrons. The predicted octanol–water partition coefficient (Wildman–Crippen LogP) is 4.00. The fourth-order valence-electron chi connectivity index (χ4n) is 1.72. The Kier molecular flexibility index (Phi) is 7.26. The van der Waals surface area contributed by atoms with Gasteiger partial charge in [0.2, 0.25) is 0 Å². The number of ether oxygens (including phenoxy) is 1. The van der Waals surface area contributed by atoms with E-state index in [1.807, 2.05) is 0 Å². The van der Waals surface area contributed by atoms with Gasteiger partial charge in [-0.3, -0.25) is 4.79 Å². The maximum atomic E-state index is 12.9. The van der Waals surface area contributed by atoms with Gasteiger partial charge in [-0.2, -0.15) is 0 Å². The summed E-state index contributed by atoms with van der Waals surface area (Å²) in [6, 6.07) is 5.71. The average Bonchev–Trinajstić information content (AvgIpc) is 2.37. The van der Waals surface area contributed by atoms with E-state index in [0.29, 0.717) is 12.2 Å². The highest BCUT2D eigenvalue weighted by Crippen LogP contribution is 2.06. The molecule has 1 aromatic rings. The lowest BCUT2D eigenvalue weighted by atomic mass is 10.1. The van der Waals surface area contributed by atoms with E-state index in [9.17, 15) is 9.18 Å². The van der Waals surface area contributed by atoms with Crippen molar-refractivity contribution in [2.24, 2.45) is 0 Å². The number of rotatable bonds is 9. The number of ketones is 1. The Bertz CT molecular complexity index is 363. The van der Waals surface area contributed by atoms with Crippen molar-refractivity contribution >= 4 is 5.78 Å². The van der Waals surface area contributed by atoms with Gasteiger partial charge in [0.05, 0.1) is 0 Å². The lowest BCUT2D eigenvalue weighted by molar-refractivity contribution is 0.0752. The molecule has 0 atom stereocenters. The quantitative estimate of drug-likeness (QED) is 0.490. The Hall–Kier alpha value is -1.22. The van der Waals surface area contributed by atoms with Crippen molar-refractivity contribution in [2.45, 2.75) is 39.0 Å². The van der Waals surface area contributed by atoms with Crippen molar-refractivity contribution in [3.63, 3.8) is 0 Å². The van der Waals surface area contributed by atoms with Crippen LogP contribution in [0, 0.1) is 5.82 Å². The SMILES string of the molecule is CCCCCCCOCC(=O)c1cccc(F)c1. The first kappa shape index (κ1) is 14.8. The molecule has 1 rings (SSSR count). The number of carbonyl (C=O) groups is 1. The summed E-state index contributed by atoms with van der Waals surface area (Å²) in [7, 11) is 0. The van der Waals surface area contributed by atoms with Gasteiger partial charge in [0.15, 0.2) is 5.78 Å². The van der Waals surface area contributed by atoms with Crippen LogP contribution in [0.2, 0.25) is 0 Å². The molecule has 0 bridgehead atoms. The number of Topliss-reactive ketones (excluding diaryl/α,β-unsaturated/α-hetero) is 1. The predicted molar refractivity (Wildman–Crippen MR) is 70.3 cm³/mol. The Morgan fingerprint density at radius 3 is 2.72 bits per heavy atom. The van der Waals surface area contributed by atoms with E-state index < -0.39 is 0 Å². The zero-order valence-corrected chi connectivity index (χ0v) is 11.0. The molecular weight excluding hydrogens is 231 g/mol. The number of hydrogen-bond donors (Lipinski definition) is 0. The van der Waals surface area contributed by atoms with Crippen LogP contribution >= 0.6 is 0 Å². The molecule has 0 saturated heterocycles. The first-order chi connectivity index (χ1) is 8.74. The van der Waals surface area contributed by atoms with Crippen LogP contribution in [0.15, 0.2) is 24.3 Å². The van der Waals surface area contributed by atoms with Gasteiger partial charge in [0, 0.05) is 12.2 Å². The maximum absolute atomic E-state index is 12.9. The van der Waals surface area contributed by atoms with E-state index >= 15 is 0 Å². The van der Waals surface area contributed by atoms with Gasteiger partial charge in [-0.15, -0.1) is 0 Å². The van der Waals surface area contributed by atoms with Gasteiger partial charge in [-0.1, -0.05) is 44.7 Å². The topological polar surface area (TPSA) is 26.3 Å². The highest BCUT2D eigenvalue weighted by Gasteiger charge is 2.06. The molecule has 1 aromatic carbocycles. The van der Waals surface area contributed by atoms with Gasteiger partial charge in [-0.25, -0.2) is 4.39 Å². The lowest BCUT2D eigenvalue weighted by Gasteiger charge is -2.04. The molecule has 3 heteroatoms. The van der Waals surface area contributed by atoms with Crippen LogP contribution in [0.5, 0.6) is 0 Å². The highest BCUT2D eigenvalue weighted by molar-refractivity contribution is 5.97. The Morgan fingerprint density at radius 2 is 2.00 bits per heavy atom. The molecule has 18 heavy (non-hydrogen) atoms. The van der Waals surface area contributed by atoms with E-state index in [4.69, 9.17) is 4.74 Å². The summed E-state index contributed by atoms with van der Waals surface area (Å²) in [6.45, 7) is 2.82. The molecule has 0 fully saturated rings. The minimum atomic E-state index is -0.389. The highest BCUT2D eigenvalue weighted by atomic mass is 19.1. The van der Waals surface area contributed by atoms with Gasteiger partial charge >= 0.3 is 0 Å². The molecule has 0 aromatic heterocycles. The number of unbranched alkanes of at least 4 members (excludes halogenated alkanes) is 4. The monoisotopic (exact) mass is 252 g/mol. The van der Waals surface area contributed by atoms with E-state index in [-0.39, 0.29) is 18.2 Å². The number of carbonyl (C=O) groups excluding carboxylic acids is 1. The first-order valence-electron chi connectivity index (χ1n) is 6.60. The molecule has 0 spiro atoms. The van der Waals surface area contributed by atoms with Crippen LogP contribution in [0.1, 0.15) is 49.4 Å². The fraction of sp³-hybridized carbons (Fsp3) is 0.533. The van der Waals surface area contributed by atoms with Gasteiger partial charge in [-0.05, 0) is 18.6 Å². The summed E-state index contributed by atoms with van der Waals surface area (Å²) in [6.07, 6.45) is 5.82. The molecule has 0 heterocycles. The lowest BCUT2D eigenvalue weighted by Crippen LogP contribution is -2.10. The van der Waals surface area contributed by atoms with Crippen molar-refractivity contribution in [1.29, 1.82) is 0 Å². The van der Waals surface area contributed by atoms with Gasteiger partial charge in [0.1, 0.15) is 12.4 Å². The fourth-order valence-corrected chi connectivity index (χ4v) is 1.72. The van der Waals surface area contributed by atoms with Crippen molar-refractivity contribution < 1.29 is 13.9 Å². The van der Waals surface area contributed by atoms with Crippen molar-refractivity contribution in [3.05, 3.63) is 35.6 Å². The Balaban J connectivity index is 2.14. The molecular formula is C15H21FO2. The second kappa shape index (κ2) is 8.81. The summed E-state index contributed by atoms with van der Waals surface area (Å²) in [5, 5.41) is 0. The molecule has 0 aliphatic heterocycles. The maximum Gasteiger partial charge on any atom is 0.188 e. The number of halogens is 1. The van der Waals surface area contributed by atoms with Crippen LogP contribution < -0.4 is 0 Å². The molecule has 0 aliphatic rings. The minimum absolute atomic E-state index is 0.0389. The van der Waals surface area contributed by atoms with E-state index in [1.54, 1.807) is 6.07 Å². The molecule has 0 unspecified atom stereocenters. The van der Waals surface area contributed by atoms with E-state index in [2.05, 4.69) is 6.92 Å². The van der Waals surface area contributed by atoms with Crippen LogP contribution in [-0.2, 0) is 4.74 Å². The van der Waals surface area contributed by atoms with Crippen LogP contribution in [0.4, 0.5) is 4.39 Å². The van der Waals surface area contributed by atoms with Crippen LogP contribution in [0.3, 0.4) is 0 Å². The molecule has 2 nitrogen and oxygen atoms in total. The summed E-state index contributed by atoms with van der Waals surface area (Å²) >= 11 is 0. The minimum Gasteiger partial charge on any atom is -0.373 e. The standard InChI is InChI=1S/C15H21FO2/c1-2-3-4-5-6-10-18-12-15(17)13-8-7-9-14(16)11-13/h7-9,11H,2-6,10,12H2,1H3. The molecule has 0 saturated carbocycles. The normalized spacial score (nSPS) is 10.6. The van der Waals surface area contributed by atoms with Gasteiger partial charge in [0.25, 0.3) is 0 Å². The molecule has 0 amide bonds. The molecule has 0 aliphatic carbocycles. The van der Waals surface area contributed by atoms with Crippen molar-refractivity contribution in [2.75, 3.05) is 13.2 Å². The molecule has 0 N–H and O–H groups in total. The van der Waals surface area contributed by atoms with Gasteiger partial charge < -0.3 is 4.74 Å². The number of hydrogen-bond acceptors (Lipinski definition) is 2. The average molecular weight is 252 g/mol. The number of benzene rings is 1. The van der Waals surface area contributed by atoms with Crippen molar-refractivity contribution in [3.8, 4) is 0 Å². The second-order valence-corrected chi connectivity index (χ2v) is 4.40. The summed E-state index contributed by atoms with van der Waals surface area (Å²) in [4.78, 5) is 11.6. The van der Waals surface area contributed by atoms with E-state index in [1.165, 1.54) is 37.5 Å². The smallest absolute Gasteiger partial charge is 0.188 e. The summed E-state index contributed by atoms with van der Waals surface area (Å²) in [5.41, 5.74) is 0.376. The molecule has 100 valence electrons. The van der Waals surface area contributed by atoms with Crippen LogP contribution in [-0.4, -0.2) is 19.0 Å². The van der Waals surface area contributed by atoms with Crippen molar-refractivity contribution in [1.82, 2.24) is 0 Å². The Labute approximate surface area is 108 Å². The zero-order chi connectivity index (χ0) is 13.2. The zero-order valence-electron chi connectivity index (χ0n) is 11.0. The van der Waals surface area contributed by atoms with E-state index in [0.717, 1.165) is 12.8 Å². The second-order valence-electron chi connectivity index (χ2n) is 4.40. The third kappa shape index (κ3) is 5.92. The summed E-state index contributed by atoms with van der Waals surface area (Å²) in [5.74, 6) is -0.552. The third-order valence-corrected chi connectivity index (χ3v) is 2.77. The Morgan fingerprint density at radius 1 is 1.22 bits per heavy atom. The first-order valence-corrected chi connectivity index (χ1v) is 6.60. The largest absolute Gasteiger partial charge is 0.373 e. The third-order valence-electron chi connectivity index (χ3n) is 2.77.